The largest absolute Gasteiger partial charge is 0.451 e. The fourth-order valence-corrected chi connectivity index (χ4v) is 3.27. The number of amides is 1. The van der Waals surface area contributed by atoms with Gasteiger partial charge in [0.25, 0.3) is 5.91 Å². The topological polar surface area (TPSA) is 71.5 Å². The highest BCUT2D eigenvalue weighted by Gasteiger charge is 2.25. The number of hydrogen-bond donors (Lipinski definition) is 2. The van der Waals surface area contributed by atoms with E-state index in [1.807, 2.05) is 43.3 Å². The molecular formula is C18H27Cl2N3O2. The molecule has 2 aromatic rings. The van der Waals surface area contributed by atoms with E-state index < -0.39 is 0 Å². The first-order valence-electron chi connectivity index (χ1n) is 8.26. The first-order valence-corrected chi connectivity index (χ1v) is 8.26. The van der Waals surface area contributed by atoms with E-state index in [-0.39, 0.29) is 42.8 Å². The van der Waals surface area contributed by atoms with Gasteiger partial charge in [-0.3, -0.25) is 4.79 Å². The Hall–Kier alpha value is -1.27. The molecule has 0 bridgehead atoms. The SMILES string of the molecule is CN(C)Cc1c(C(=O)NC2CCC(N)CC2)oc2ccccc12.Cl.Cl. The van der Waals surface area contributed by atoms with Crippen molar-refractivity contribution in [1.82, 2.24) is 10.2 Å². The van der Waals surface area contributed by atoms with E-state index in [1.165, 1.54) is 0 Å². The van der Waals surface area contributed by atoms with Crippen molar-refractivity contribution in [3.05, 3.63) is 35.6 Å². The van der Waals surface area contributed by atoms with Crippen LogP contribution < -0.4 is 11.1 Å². The molecule has 1 aromatic heterocycles. The number of benzene rings is 1. The van der Waals surface area contributed by atoms with Crippen molar-refractivity contribution >= 4 is 41.7 Å². The van der Waals surface area contributed by atoms with Gasteiger partial charge in [-0.15, -0.1) is 24.8 Å². The predicted octanol–water partition coefficient (Wildman–Crippen LogP) is 3.34. The van der Waals surface area contributed by atoms with Crippen molar-refractivity contribution < 1.29 is 9.21 Å². The van der Waals surface area contributed by atoms with E-state index in [4.69, 9.17) is 10.2 Å². The highest BCUT2D eigenvalue weighted by Crippen LogP contribution is 2.27. The molecule has 1 aromatic carbocycles. The van der Waals surface area contributed by atoms with E-state index in [9.17, 15) is 4.79 Å². The third kappa shape index (κ3) is 5.11. The number of carbonyl (C=O) groups excluding carboxylic acids is 1. The van der Waals surface area contributed by atoms with Gasteiger partial charge in [-0.25, -0.2) is 0 Å². The first kappa shape index (κ1) is 21.8. The lowest BCUT2D eigenvalue weighted by Crippen LogP contribution is -2.40. The van der Waals surface area contributed by atoms with Gasteiger partial charge in [-0.1, -0.05) is 18.2 Å². The maximum atomic E-state index is 12.7. The molecule has 0 spiro atoms. The Morgan fingerprint density at radius 3 is 2.48 bits per heavy atom. The zero-order valence-corrected chi connectivity index (χ0v) is 16.3. The van der Waals surface area contributed by atoms with Crippen LogP contribution in [0.15, 0.2) is 28.7 Å². The minimum atomic E-state index is -0.112. The summed E-state index contributed by atoms with van der Waals surface area (Å²) in [6.45, 7) is 0.676. The van der Waals surface area contributed by atoms with Gasteiger partial charge in [0.2, 0.25) is 0 Å². The quantitative estimate of drug-likeness (QED) is 0.843. The Balaban J connectivity index is 0.00000156. The lowest BCUT2D eigenvalue weighted by Gasteiger charge is -2.26. The van der Waals surface area contributed by atoms with Crippen molar-refractivity contribution in [2.24, 2.45) is 5.73 Å². The summed E-state index contributed by atoms with van der Waals surface area (Å²) >= 11 is 0. The molecule has 0 aliphatic heterocycles. The second-order valence-corrected chi connectivity index (χ2v) is 6.73. The van der Waals surface area contributed by atoms with Gasteiger partial charge in [0.15, 0.2) is 5.76 Å². The number of nitrogens with one attached hydrogen (secondary N) is 1. The molecule has 1 amide bonds. The second-order valence-electron chi connectivity index (χ2n) is 6.73. The molecule has 1 saturated carbocycles. The van der Waals surface area contributed by atoms with Gasteiger partial charge in [-0.05, 0) is 45.8 Å². The lowest BCUT2D eigenvalue weighted by molar-refractivity contribution is 0.0897. The number of rotatable bonds is 4. The molecule has 1 aliphatic carbocycles. The van der Waals surface area contributed by atoms with Gasteiger partial charge < -0.3 is 20.4 Å². The van der Waals surface area contributed by atoms with Crippen molar-refractivity contribution in [2.75, 3.05) is 14.1 Å². The number of halogens is 2. The maximum absolute atomic E-state index is 12.7. The summed E-state index contributed by atoms with van der Waals surface area (Å²) < 4.78 is 5.86. The second kappa shape index (κ2) is 9.43. The molecule has 25 heavy (non-hydrogen) atoms. The molecule has 7 heteroatoms. The summed E-state index contributed by atoms with van der Waals surface area (Å²) in [6.07, 6.45) is 3.82. The van der Waals surface area contributed by atoms with E-state index in [0.29, 0.717) is 12.3 Å². The average Bonchev–Trinajstić information content (AvgIpc) is 2.88. The number of carbonyl (C=O) groups is 1. The molecule has 1 fully saturated rings. The predicted molar refractivity (Wildman–Crippen MR) is 106 cm³/mol. The summed E-state index contributed by atoms with van der Waals surface area (Å²) in [6, 6.07) is 8.29. The van der Waals surface area contributed by atoms with Crippen molar-refractivity contribution in [3.8, 4) is 0 Å². The van der Waals surface area contributed by atoms with Crippen molar-refractivity contribution in [1.29, 1.82) is 0 Å². The van der Waals surface area contributed by atoms with Crippen molar-refractivity contribution in [2.45, 2.75) is 44.3 Å². The molecule has 1 aliphatic rings. The minimum absolute atomic E-state index is 0. The van der Waals surface area contributed by atoms with Crippen LogP contribution in [-0.4, -0.2) is 37.0 Å². The smallest absolute Gasteiger partial charge is 0.287 e. The summed E-state index contributed by atoms with van der Waals surface area (Å²) in [5.41, 5.74) is 7.65. The van der Waals surface area contributed by atoms with E-state index in [1.54, 1.807) is 0 Å². The normalized spacial score (nSPS) is 20.0. The van der Waals surface area contributed by atoms with Crippen LogP contribution >= 0.6 is 24.8 Å². The number of para-hydroxylation sites is 1. The highest BCUT2D eigenvalue weighted by atomic mass is 35.5. The molecule has 140 valence electrons. The monoisotopic (exact) mass is 387 g/mol. The molecule has 0 atom stereocenters. The Bertz CT molecular complexity index is 695. The Labute approximate surface area is 161 Å². The summed E-state index contributed by atoms with van der Waals surface area (Å²) in [5, 5.41) is 4.13. The van der Waals surface area contributed by atoms with Crippen LogP contribution in [0.5, 0.6) is 0 Å². The molecule has 5 nitrogen and oxygen atoms in total. The first-order chi connectivity index (χ1) is 11.0. The van der Waals surface area contributed by atoms with Gasteiger partial charge in [-0.2, -0.15) is 0 Å². The minimum Gasteiger partial charge on any atom is -0.451 e. The fourth-order valence-electron chi connectivity index (χ4n) is 3.27. The molecule has 0 saturated heterocycles. The van der Waals surface area contributed by atoms with E-state index >= 15 is 0 Å². The fraction of sp³-hybridized carbons (Fsp3) is 0.500. The molecule has 0 unspecified atom stereocenters. The number of fused-ring (bicyclic) bond motifs is 1. The van der Waals surface area contributed by atoms with Gasteiger partial charge in [0, 0.05) is 29.6 Å². The van der Waals surface area contributed by atoms with Crippen LogP contribution in [0.25, 0.3) is 11.0 Å². The molecule has 0 radical (unpaired) electrons. The van der Waals surface area contributed by atoms with E-state index in [2.05, 4.69) is 5.32 Å². The number of nitrogens with zero attached hydrogens (tertiary/aromatic N) is 1. The third-order valence-corrected chi connectivity index (χ3v) is 4.49. The van der Waals surface area contributed by atoms with Crippen LogP contribution in [0.1, 0.15) is 41.8 Å². The molecular weight excluding hydrogens is 361 g/mol. The zero-order chi connectivity index (χ0) is 16.4. The highest BCUT2D eigenvalue weighted by molar-refractivity contribution is 5.99. The zero-order valence-electron chi connectivity index (χ0n) is 14.7. The Morgan fingerprint density at radius 2 is 1.84 bits per heavy atom. The van der Waals surface area contributed by atoms with Crippen LogP contribution in [0, 0.1) is 0 Å². The van der Waals surface area contributed by atoms with Gasteiger partial charge in [0.1, 0.15) is 5.58 Å². The average molecular weight is 388 g/mol. The number of furan rings is 1. The van der Waals surface area contributed by atoms with Crippen LogP contribution in [-0.2, 0) is 6.54 Å². The Morgan fingerprint density at radius 1 is 1.20 bits per heavy atom. The molecule has 3 N–H and O–H groups in total. The summed E-state index contributed by atoms with van der Waals surface area (Å²) in [5.74, 6) is 0.327. The molecule has 3 rings (SSSR count). The van der Waals surface area contributed by atoms with Crippen LogP contribution in [0.4, 0.5) is 0 Å². The van der Waals surface area contributed by atoms with Gasteiger partial charge in [0.05, 0.1) is 0 Å². The summed E-state index contributed by atoms with van der Waals surface area (Å²) in [7, 11) is 3.98. The third-order valence-electron chi connectivity index (χ3n) is 4.49. The standard InChI is InChI=1S/C18H25N3O2.2ClH/c1-21(2)11-15-14-5-3-4-6-16(14)23-17(15)18(22)20-13-9-7-12(19)8-10-13;;/h3-6,12-13H,7-11,19H2,1-2H3,(H,20,22);2*1H. The van der Waals surface area contributed by atoms with Gasteiger partial charge >= 0.3 is 0 Å². The molecule has 1 heterocycles. The summed E-state index contributed by atoms with van der Waals surface area (Å²) in [4.78, 5) is 14.8. The number of hydrogen-bond acceptors (Lipinski definition) is 4. The lowest BCUT2D eigenvalue weighted by atomic mass is 9.92. The van der Waals surface area contributed by atoms with Crippen LogP contribution in [0.2, 0.25) is 0 Å². The Kier molecular flexibility index (Phi) is 8.22. The van der Waals surface area contributed by atoms with Crippen LogP contribution in [0.3, 0.4) is 0 Å². The van der Waals surface area contributed by atoms with Crippen molar-refractivity contribution in [3.63, 3.8) is 0 Å². The number of nitrogens with two attached hydrogens (primary N) is 1. The maximum Gasteiger partial charge on any atom is 0.287 e. The van der Waals surface area contributed by atoms with E-state index in [0.717, 1.165) is 42.2 Å².